The summed E-state index contributed by atoms with van der Waals surface area (Å²) in [7, 11) is 1.85. The zero-order valence-electron chi connectivity index (χ0n) is 11.6. The van der Waals surface area contributed by atoms with Crippen molar-refractivity contribution >= 4 is 11.6 Å². The molecular formula is C14H21FN2O2. The number of aliphatic hydroxyl groups is 1. The summed E-state index contributed by atoms with van der Waals surface area (Å²) in [5.41, 5.74) is -0.195. The van der Waals surface area contributed by atoms with Gasteiger partial charge in [-0.05, 0) is 45.2 Å². The van der Waals surface area contributed by atoms with Crippen LogP contribution in [0.1, 0.15) is 20.3 Å². The van der Waals surface area contributed by atoms with E-state index in [1.165, 1.54) is 24.3 Å². The molecule has 0 saturated heterocycles. The molecule has 19 heavy (non-hydrogen) atoms. The van der Waals surface area contributed by atoms with Gasteiger partial charge in [0.2, 0.25) is 5.91 Å². The highest BCUT2D eigenvalue weighted by atomic mass is 19.1. The van der Waals surface area contributed by atoms with Gasteiger partial charge in [-0.2, -0.15) is 0 Å². The summed E-state index contributed by atoms with van der Waals surface area (Å²) in [5, 5.41) is 12.3. The number of benzene rings is 1. The van der Waals surface area contributed by atoms with Crippen molar-refractivity contribution in [3.05, 3.63) is 30.1 Å². The van der Waals surface area contributed by atoms with Crippen molar-refractivity contribution in [2.24, 2.45) is 0 Å². The quantitative estimate of drug-likeness (QED) is 0.828. The maximum atomic E-state index is 12.7. The van der Waals surface area contributed by atoms with Crippen LogP contribution in [0.25, 0.3) is 0 Å². The number of halogens is 1. The number of likely N-dealkylation sites (N-methyl/N-ethyl adjacent to an activating group) is 1. The monoisotopic (exact) mass is 268 g/mol. The van der Waals surface area contributed by atoms with E-state index in [0.717, 1.165) is 0 Å². The Bertz CT molecular complexity index is 412. The van der Waals surface area contributed by atoms with Crippen LogP contribution < -0.4 is 5.32 Å². The highest BCUT2D eigenvalue weighted by Gasteiger charge is 2.16. The molecule has 0 bridgehead atoms. The van der Waals surface area contributed by atoms with E-state index in [4.69, 9.17) is 0 Å². The SMILES string of the molecule is CN(CCC(=O)Nc1ccc(F)cc1)CC(C)(C)O. The predicted octanol–water partition coefficient (Wildman–Crippen LogP) is 1.86. The lowest BCUT2D eigenvalue weighted by molar-refractivity contribution is -0.116. The molecule has 0 atom stereocenters. The molecule has 1 aromatic rings. The van der Waals surface area contributed by atoms with Crippen LogP contribution in [0, 0.1) is 5.82 Å². The van der Waals surface area contributed by atoms with Crippen LogP contribution in [0.2, 0.25) is 0 Å². The van der Waals surface area contributed by atoms with E-state index in [9.17, 15) is 14.3 Å². The summed E-state index contributed by atoms with van der Waals surface area (Å²) in [4.78, 5) is 13.6. The molecule has 0 radical (unpaired) electrons. The molecule has 1 rings (SSSR count). The minimum absolute atomic E-state index is 0.130. The summed E-state index contributed by atoms with van der Waals surface area (Å²) in [6.45, 7) is 4.50. The van der Waals surface area contributed by atoms with E-state index in [-0.39, 0.29) is 11.7 Å². The van der Waals surface area contributed by atoms with E-state index in [1.54, 1.807) is 13.8 Å². The van der Waals surface area contributed by atoms with Gasteiger partial charge in [0.05, 0.1) is 5.60 Å². The van der Waals surface area contributed by atoms with Gasteiger partial charge in [-0.15, -0.1) is 0 Å². The number of nitrogens with one attached hydrogen (secondary N) is 1. The van der Waals surface area contributed by atoms with Crippen molar-refractivity contribution in [3.8, 4) is 0 Å². The van der Waals surface area contributed by atoms with Crippen molar-refractivity contribution in [2.75, 3.05) is 25.5 Å². The van der Waals surface area contributed by atoms with Crippen molar-refractivity contribution in [2.45, 2.75) is 25.9 Å². The first kappa shape index (κ1) is 15.6. The summed E-state index contributed by atoms with van der Waals surface area (Å²) < 4.78 is 12.7. The standard InChI is InChI=1S/C14H21FN2O2/c1-14(2,19)10-17(3)9-8-13(18)16-12-6-4-11(15)5-7-12/h4-7,19H,8-10H2,1-3H3,(H,16,18). The van der Waals surface area contributed by atoms with Crippen LogP contribution in [0.4, 0.5) is 10.1 Å². The van der Waals surface area contributed by atoms with Crippen molar-refractivity contribution in [1.29, 1.82) is 0 Å². The van der Waals surface area contributed by atoms with Gasteiger partial charge >= 0.3 is 0 Å². The van der Waals surface area contributed by atoms with Crippen LogP contribution in [0.5, 0.6) is 0 Å². The Kier molecular flexibility index (Phi) is 5.44. The van der Waals surface area contributed by atoms with Gasteiger partial charge in [0, 0.05) is 25.2 Å². The van der Waals surface area contributed by atoms with Crippen LogP contribution in [-0.2, 0) is 4.79 Å². The highest BCUT2D eigenvalue weighted by Crippen LogP contribution is 2.09. The Hall–Kier alpha value is -1.46. The second-order valence-electron chi connectivity index (χ2n) is 5.36. The fraction of sp³-hybridized carbons (Fsp3) is 0.500. The second-order valence-corrected chi connectivity index (χ2v) is 5.36. The van der Waals surface area contributed by atoms with Gasteiger partial charge < -0.3 is 15.3 Å². The van der Waals surface area contributed by atoms with Gasteiger partial charge in [-0.25, -0.2) is 4.39 Å². The number of hydrogen-bond acceptors (Lipinski definition) is 3. The van der Waals surface area contributed by atoms with Crippen LogP contribution in [0.3, 0.4) is 0 Å². The molecular weight excluding hydrogens is 247 g/mol. The molecule has 5 heteroatoms. The Morgan fingerprint density at radius 3 is 2.47 bits per heavy atom. The molecule has 0 unspecified atom stereocenters. The van der Waals surface area contributed by atoms with Crippen LogP contribution in [-0.4, -0.2) is 41.7 Å². The third-order valence-electron chi connectivity index (χ3n) is 2.51. The molecule has 0 aliphatic carbocycles. The molecule has 0 saturated carbocycles. The van der Waals surface area contributed by atoms with Gasteiger partial charge in [-0.1, -0.05) is 0 Å². The Balaban J connectivity index is 2.34. The van der Waals surface area contributed by atoms with E-state index in [1.807, 2.05) is 11.9 Å². The van der Waals surface area contributed by atoms with Crippen molar-refractivity contribution in [1.82, 2.24) is 4.90 Å². The van der Waals surface area contributed by atoms with Crippen molar-refractivity contribution in [3.63, 3.8) is 0 Å². The fourth-order valence-electron chi connectivity index (χ4n) is 1.79. The lowest BCUT2D eigenvalue weighted by Crippen LogP contribution is -2.37. The number of anilines is 1. The average molecular weight is 268 g/mol. The maximum Gasteiger partial charge on any atom is 0.225 e. The zero-order valence-corrected chi connectivity index (χ0v) is 11.6. The zero-order chi connectivity index (χ0) is 14.5. The normalized spacial score (nSPS) is 11.7. The molecule has 0 aliphatic heterocycles. The first-order valence-electron chi connectivity index (χ1n) is 6.22. The number of hydrogen-bond donors (Lipinski definition) is 2. The number of amides is 1. The summed E-state index contributed by atoms with van der Waals surface area (Å²) in [5.74, 6) is -0.461. The number of rotatable bonds is 6. The molecule has 2 N–H and O–H groups in total. The lowest BCUT2D eigenvalue weighted by atomic mass is 10.1. The van der Waals surface area contributed by atoms with Crippen LogP contribution in [0.15, 0.2) is 24.3 Å². The first-order valence-corrected chi connectivity index (χ1v) is 6.22. The Labute approximate surface area is 113 Å². The first-order chi connectivity index (χ1) is 8.76. The average Bonchev–Trinajstić information content (AvgIpc) is 2.27. The van der Waals surface area contributed by atoms with Gasteiger partial charge in [0.25, 0.3) is 0 Å². The molecule has 0 aliphatic rings. The lowest BCUT2D eigenvalue weighted by Gasteiger charge is -2.25. The second kappa shape index (κ2) is 6.63. The van der Waals surface area contributed by atoms with Gasteiger partial charge in [0.1, 0.15) is 5.82 Å². The number of carbonyl (C=O) groups excluding carboxylic acids is 1. The summed E-state index contributed by atoms with van der Waals surface area (Å²) >= 11 is 0. The summed E-state index contributed by atoms with van der Waals surface area (Å²) in [6.07, 6.45) is 0.323. The van der Waals surface area contributed by atoms with E-state index in [2.05, 4.69) is 5.32 Å². The highest BCUT2D eigenvalue weighted by molar-refractivity contribution is 5.90. The minimum atomic E-state index is -0.776. The third-order valence-corrected chi connectivity index (χ3v) is 2.51. The summed E-state index contributed by atoms with van der Waals surface area (Å²) in [6, 6.07) is 5.65. The molecule has 1 amide bonds. The maximum absolute atomic E-state index is 12.7. The van der Waals surface area contributed by atoms with Crippen molar-refractivity contribution < 1.29 is 14.3 Å². The third kappa shape index (κ3) is 6.88. The Morgan fingerprint density at radius 2 is 1.95 bits per heavy atom. The van der Waals surface area contributed by atoms with E-state index < -0.39 is 5.60 Å². The number of nitrogens with zero attached hydrogens (tertiary/aromatic N) is 1. The van der Waals surface area contributed by atoms with E-state index in [0.29, 0.717) is 25.2 Å². The minimum Gasteiger partial charge on any atom is -0.389 e. The molecule has 0 aromatic heterocycles. The smallest absolute Gasteiger partial charge is 0.225 e. The molecule has 0 spiro atoms. The Morgan fingerprint density at radius 1 is 1.37 bits per heavy atom. The molecule has 106 valence electrons. The van der Waals surface area contributed by atoms with Crippen LogP contribution >= 0.6 is 0 Å². The topological polar surface area (TPSA) is 52.6 Å². The molecule has 0 heterocycles. The fourth-order valence-corrected chi connectivity index (χ4v) is 1.79. The van der Waals surface area contributed by atoms with Gasteiger partial charge in [-0.3, -0.25) is 4.79 Å². The molecule has 0 fully saturated rings. The number of carbonyl (C=O) groups is 1. The van der Waals surface area contributed by atoms with Gasteiger partial charge in [0.15, 0.2) is 0 Å². The largest absolute Gasteiger partial charge is 0.389 e. The molecule has 4 nitrogen and oxygen atoms in total. The van der Waals surface area contributed by atoms with E-state index >= 15 is 0 Å². The molecule has 1 aromatic carbocycles. The predicted molar refractivity (Wildman–Crippen MR) is 73.4 cm³/mol.